The number of anilines is 1. The number of nitro benzene ring substituents is 1. The van der Waals surface area contributed by atoms with Crippen LogP contribution in [0.1, 0.15) is 5.56 Å². The largest absolute Gasteiger partial charge is 0.383 e. The summed E-state index contributed by atoms with van der Waals surface area (Å²) in [7, 11) is -3.59. The van der Waals surface area contributed by atoms with Crippen LogP contribution in [0.2, 0.25) is 0 Å². The van der Waals surface area contributed by atoms with Crippen molar-refractivity contribution in [3.63, 3.8) is 0 Å². The van der Waals surface area contributed by atoms with Gasteiger partial charge in [-0.1, -0.05) is 18.2 Å². The minimum Gasteiger partial charge on any atom is -0.383 e. The molecule has 8 nitrogen and oxygen atoms in total. The van der Waals surface area contributed by atoms with E-state index in [1.165, 1.54) is 24.3 Å². The lowest BCUT2D eigenvalue weighted by Gasteiger charge is -2.10. The van der Waals surface area contributed by atoms with Gasteiger partial charge in [0.25, 0.3) is 5.69 Å². The highest BCUT2D eigenvalue weighted by Crippen LogP contribution is 2.21. The second kappa shape index (κ2) is 7.54. The van der Waals surface area contributed by atoms with Crippen molar-refractivity contribution in [1.29, 1.82) is 5.26 Å². The molecule has 2 rings (SSSR count). The summed E-state index contributed by atoms with van der Waals surface area (Å²) >= 11 is 0. The van der Waals surface area contributed by atoms with Crippen LogP contribution >= 0.6 is 0 Å². The maximum atomic E-state index is 12.0. The molecule has 124 valence electrons. The van der Waals surface area contributed by atoms with Gasteiger partial charge in [-0.25, -0.2) is 13.1 Å². The number of benzene rings is 2. The van der Waals surface area contributed by atoms with E-state index < -0.39 is 14.9 Å². The molecule has 0 atom stereocenters. The van der Waals surface area contributed by atoms with Gasteiger partial charge in [-0.15, -0.1) is 0 Å². The van der Waals surface area contributed by atoms with Crippen molar-refractivity contribution in [1.82, 2.24) is 4.72 Å². The van der Waals surface area contributed by atoms with Gasteiger partial charge in [-0.05, 0) is 18.2 Å². The molecule has 0 unspecified atom stereocenters. The predicted octanol–water partition coefficient (Wildman–Crippen LogP) is 1.86. The minimum absolute atomic E-state index is 0.0963. The number of nitro groups is 1. The lowest BCUT2D eigenvalue weighted by molar-refractivity contribution is -0.384. The van der Waals surface area contributed by atoms with E-state index in [4.69, 9.17) is 5.26 Å². The van der Waals surface area contributed by atoms with Gasteiger partial charge in [-0.2, -0.15) is 5.26 Å². The molecule has 2 N–H and O–H groups in total. The van der Waals surface area contributed by atoms with E-state index in [1.54, 1.807) is 18.2 Å². The van der Waals surface area contributed by atoms with Crippen molar-refractivity contribution in [2.45, 2.75) is 4.90 Å². The average molecular weight is 346 g/mol. The number of rotatable bonds is 7. The first-order valence-corrected chi connectivity index (χ1v) is 8.39. The topological polar surface area (TPSA) is 125 Å². The van der Waals surface area contributed by atoms with Crippen LogP contribution in [0.5, 0.6) is 0 Å². The zero-order valence-electron chi connectivity index (χ0n) is 12.5. The second-order valence-electron chi connectivity index (χ2n) is 4.74. The Kier molecular flexibility index (Phi) is 5.47. The Labute approximate surface area is 138 Å². The zero-order valence-corrected chi connectivity index (χ0v) is 13.3. The molecule has 24 heavy (non-hydrogen) atoms. The maximum Gasteiger partial charge on any atom is 0.270 e. The molecule has 0 fully saturated rings. The Balaban J connectivity index is 1.96. The molecule has 0 spiro atoms. The maximum absolute atomic E-state index is 12.0. The molecule has 0 amide bonds. The van der Waals surface area contributed by atoms with Gasteiger partial charge in [0.15, 0.2) is 0 Å². The molecule has 0 aliphatic rings. The molecule has 0 radical (unpaired) electrons. The molecule has 0 aliphatic heterocycles. The smallest absolute Gasteiger partial charge is 0.270 e. The number of nitriles is 1. The third kappa shape index (κ3) is 4.28. The average Bonchev–Trinajstić information content (AvgIpc) is 2.59. The molecular formula is C15H14N4O4S. The van der Waals surface area contributed by atoms with Gasteiger partial charge in [0.2, 0.25) is 10.0 Å². The van der Waals surface area contributed by atoms with E-state index in [0.29, 0.717) is 5.69 Å². The van der Waals surface area contributed by atoms with Crippen molar-refractivity contribution in [2.24, 2.45) is 0 Å². The number of nitrogens with zero attached hydrogens (tertiary/aromatic N) is 2. The first-order chi connectivity index (χ1) is 11.4. The molecular weight excluding hydrogens is 332 g/mol. The number of nitrogens with one attached hydrogen (secondary N) is 2. The van der Waals surface area contributed by atoms with Gasteiger partial charge >= 0.3 is 0 Å². The Hall–Kier alpha value is -2.96. The molecule has 0 heterocycles. The monoisotopic (exact) mass is 346 g/mol. The van der Waals surface area contributed by atoms with Crippen LogP contribution in [0.25, 0.3) is 0 Å². The van der Waals surface area contributed by atoms with Crippen LogP contribution in [0.4, 0.5) is 11.4 Å². The summed E-state index contributed by atoms with van der Waals surface area (Å²) in [6.45, 7) is 0.317. The fraction of sp³-hybridized carbons (Fsp3) is 0.133. The van der Waals surface area contributed by atoms with Crippen LogP contribution in [0, 0.1) is 21.4 Å². The number of sulfonamides is 1. The van der Waals surface area contributed by atoms with Gasteiger partial charge in [-0.3, -0.25) is 10.1 Å². The van der Waals surface area contributed by atoms with E-state index in [9.17, 15) is 18.5 Å². The lowest BCUT2D eigenvalue weighted by atomic mass is 10.1. The molecule has 0 bridgehead atoms. The van der Waals surface area contributed by atoms with Crippen molar-refractivity contribution >= 4 is 21.4 Å². The third-order valence-corrected chi connectivity index (χ3v) is 4.60. The summed E-state index contributed by atoms with van der Waals surface area (Å²) in [6.07, 6.45) is 0. The van der Waals surface area contributed by atoms with Crippen LogP contribution in [0.15, 0.2) is 53.4 Å². The Bertz CT molecular complexity index is 876. The molecule has 0 aromatic heterocycles. The van der Waals surface area contributed by atoms with Crippen LogP contribution < -0.4 is 10.0 Å². The third-order valence-electron chi connectivity index (χ3n) is 3.12. The van der Waals surface area contributed by atoms with Crippen molar-refractivity contribution < 1.29 is 13.3 Å². The van der Waals surface area contributed by atoms with Gasteiger partial charge in [0.05, 0.1) is 21.1 Å². The van der Waals surface area contributed by atoms with E-state index in [1.807, 2.05) is 6.07 Å². The molecule has 0 aliphatic carbocycles. The highest BCUT2D eigenvalue weighted by Gasteiger charge is 2.13. The quantitative estimate of drug-likeness (QED) is 0.448. The summed E-state index contributed by atoms with van der Waals surface area (Å²) in [5.41, 5.74) is 0.346. The van der Waals surface area contributed by atoms with E-state index in [2.05, 4.69) is 10.0 Å². The summed E-state index contributed by atoms with van der Waals surface area (Å²) in [5.74, 6) is 0. The molecule has 2 aromatic rings. The highest BCUT2D eigenvalue weighted by molar-refractivity contribution is 7.89. The number of hydrogen-bond donors (Lipinski definition) is 2. The molecule has 0 saturated carbocycles. The standard InChI is InChI=1S/C15H14N4O4S/c16-11-12-10-13(19(20)21)6-7-15(12)17-8-9-18-24(22,23)14-4-2-1-3-5-14/h1-7,10,17-18H,8-9H2. The lowest BCUT2D eigenvalue weighted by Crippen LogP contribution is -2.29. The van der Waals surface area contributed by atoms with E-state index in [0.717, 1.165) is 6.07 Å². The van der Waals surface area contributed by atoms with Crippen molar-refractivity contribution in [3.05, 3.63) is 64.2 Å². The van der Waals surface area contributed by atoms with Gasteiger partial charge in [0.1, 0.15) is 6.07 Å². The normalized spacial score (nSPS) is 10.8. The SMILES string of the molecule is N#Cc1cc([N+](=O)[O-])ccc1NCCNS(=O)(=O)c1ccccc1. The van der Waals surface area contributed by atoms with Gasteiger partial charge < -0.3 is 5.32 Å². The van der Waals surface area contributed by atoms with E-state index in [-0.39, 0.29) is 29.2 Å². The first kappa shape index (κ1) is 17.4. The van der Waals surface area contributed by atoms with Gasteiger partial charge in [0, 0.05) is 25.2 Å². The Morgan fingerprint density at radius 2 is 1.83 bits per heavy atom. The summed E-state index contributed by atoms with van der Waals surface area (Å²) in [5, 5.41) is 22.6. The highest BCUT2D eigenvalue weighted by atomic mass is 32.2. The molecule has 0 saturated heterocycles. The van der Waals surface area contributed by atoms with Crippen molar-refractivity contribution in [3.8, 4) is 6.07 Å². The first-order valence-electron chi connectivity index (χ1n) is 6.91. The Morgan fingerprint density at radius 1 is 1.12 bits per heavy atom. The molecule has 9 heteroatoms. The number of hydrogen-bond acceptors (Lipinski definition) is 6. The summed E-state index contributed by atoms with van der Waals surface area (Å²) in [4.78, 5) is 10.3. The van der Waals surface area contributed by atoms with Crippen LogP contribution in [-0.4, -0.2) is 26.4 Å². The Morgan fingerprint density at radius 3 is 2.46 bits per heavy atom. The van der Waals surface area contributed by atoms with Crippen molar-refractivity contribution in [2.75, 3.05) is 18.4 Å². The van der Waals surface area contributed by atoms with Crippen LogP contribution in [0.3, 0.4) is 0 Å². The fourth-order valence-electron chi connectivity index (χ4n) is 1.96. The van der Waals surface area contributed by atoms with E-state index >= 15 is 0 Å². The minimum atomic E-state index is -3.59. The summed E-state index contributed by atoms with van der Waals surface area (Å²) in [6, 6.07) is 13.7. The zero-order chi connectivity index (χ0) is 17.6. The van der Waals surface area contributed by atoms with Crippen LogP contribution in [-0.2, 0) is 10.0 Å². The second-order valence-corrected chi connectivity index (χ2v) is 6.50. The summed E-state index contributed by atoms with van der Waals surface area (Å²) < 4.78 is 26.5. The predicted molar refractivity (Wildman–Crippen MR) is 87.9 cm³/mol. The fourth-order valence-corrected chi connectivity index (χ4v) is 3.01. The number of non-ortho nitro benzene ring substituents is 1. The molecule has 2 aromatic carbocycles.